The summed E-state index contributed by atoms with van der Waals surface area (Å²) in [6, 6.07) is 7.77. The zero-order valence-corrected chi connectivity index (χ0v) is 11.5. The summed E-state index contributed by atoms with van der Waals surface area (Å²) < 4.78 is 0. The van der Waals surface area contributed by atoms with Crippen molar-refractivity contribution in [3.05, 3.63) is 36.0 Å². The molecule has 5 heteroatoms. The maximum Gasteiger partial charge on any atom is 0.253 e. The molecule has 2 aromatic rings. The Hall–Kier alpha value is -1.46. The highest BCUT2D eigenvalue weighted by molar-refractivity contribution is 7.99. The van der Waals surface area contributed by atoms with Crippen LogP contribution >= 0.6 is 11.8 Å². The second kappa shape index (κ2) is 7.21. The van der Waals surface area contributed by atoms with Gasteiger partial charge in [0.2, 0.25) is 0 Å². The van der Waals surface area contributed by atoms with E-state index >= 15 is 0 Å². The highest BCUT2D eigenvalue weighted by Gasteiger charge is 2.10. The van der Waals surface area contributed by atoms with Crippen molar-refractivity contribution < 1.29 is 9.90 Å². The molecular weight excluding hydrogens is 260 g/mol. The lowest BCUT2D eigenvalue weighted by atomic mass is 10.1. The number of aliphatic hydroxyl groups is 1. The average molecular weight is 278 g/mol. The van der Waals surface area contributed by atoms with E-state index in [0.29, 0.717) is 12.1 Å². The van der Waals surface area contributed by atoms with Gasteiger partial charge in [-0.1, -0.05) is 18.2 Å². The molecule has 19 heavy (non-hydrogen) atoms. The first-order valence-corrected chi connectivity index (χ1v) is 7.51. The standard InChI is InChI=1S/C14H18N2O2S/c17-7-3-8-19-9-6-15-14(18)12-10-16-13-5-2-1-4-11(12)13/h1-2,4-5,10,16-17H,3,6-9H2,(H,15,18). The fourth-order valence-electron chi connectivity index (χ4n) is 1.86. The second-order valence-electron chi connectivity index (χ2n) is 4.19. The summed E-state index contributed by atoms with van der Waals surface area (Å²) in [6.07, 6.45) is 2.56. The Kier molecular flexibility index (Phi) is 5.30. The molecule has 0 aliphatic carbocycles. The van der Waals surface area contributed by atoms with Gasteiger partial charge in [0.1, 0.15) is 0 Å². The van der Waals surface area contributed by atoms with E-state index in [-0.39, 0.29) is 12.5 Å². The van der Waals surface area contributed by atoms with Crippen molar-refractivity contribution in [2.45, 2.75) is 6.42 Å². The van der Waals surface area contributed by atoms with E-state index in [0.717, 1.165) is 28.8 Å². The molecule has 1 aromatic heterocycles. The van der Waals surface area contributed by atoms with Gasteiger partial charge in [0.25, 0.3) is 5.91 Å². The molecule has 0 radical (unpaired) electrons. The number of para-hydroxylation sites is 1. The topological polar surface area (TPSA) is 65.1 Å². The highest BCUT2D eigenvalue weighted by atomic mass is 32.2. The van der Waals surface area contributed by atoms with Crippen LogP contribution in [-0.4, -0.2) is 40.7 Å². The number of aromatic amines is 1. The number of nitrogens with one attached hydrogen (secondary N) is 2. The molecule has 0 atom stereocenters. The quantitative estimate of drug-likeness (QED) is 0.679. The lowest BCUT2D eigenvalue weighted by Gasteiger charge is -2.04. The molecule has 1 amide bonds. The number of rotatable bonds is 7. The summed E-state index contributed by atoms with van der Waals surface area (Å²) in [6.45, 7) is 0.878. The number of hydrogen-bond acceptors (Lipinski definition) is 3. The Morgan fingerprint density at radius 2 is 2.16 bits per heavy atom. The van der Waals surface area contributed by atoms with Crippen LogP contribution in [0.4, 0.5) is 0 Å². The minimum Gasteiger partial charge on any atom is -0.396 e. The summed E-state index contributed by atoms with van der Waals surface area (Å²) in [7, 11) is 0. The van der Waals surface area contributed by atoms with Crippen LogP contribution in [0.15, 0.2) is 30.5 Å². The third-order valence-electron chi connectivity index (χ3n) is 2.81. The number of carbonyl (C=O) groups excluding carboxylic acids is 1. The van der Waals surface area contributed by atoms with Gasteiger partial charge in [-0.2, -0.15) is 11.8 Å². The van der Waals surface area contributed by atoms with Crippen LogP contribution in [0, 0.1) is 0 Å². The van der Waals surface area contributed by atoms with Crippen molar-refractivity contribution >= 4 is 28.6 Å². The monoisotopic (exact) mass is 278 g/mol. The first kappa shape index (κ1) is 14.0. The van der Waals surface area contributed by atoms with Crippen LogP contribution in [0.5, 0.6) is 0 Å². The van der Waals surface area contributed by atoms with E-state index in [2.05, 4.69) is 10.3 Å². The van der Waals surface area contributed by atoms with Crippen LogP contribution in [-0.2, 0) is 0 Å². The molecule has 0 aliphatic heterocycles. The number of fused-ring (bicyclic) bond motifs is 1. The molecule has 0 fully saturated rings. The maximum absolute atomic E-state index is 12.0. The molecular formula is C14H18N2O2S. The Balaban J connectivity index is 1.83. The summed E-state index contributed by atoms with van der Waals surface area (Å²) in [5.41, 5.74) is 1.67. The van der Waals surface area contributed by atoms with Crippen molar-refractivity contribution in [3.8, 4) is 0 Å². The fraction of sp³-hybridized carbons (Fsp3) is 0.357. The zero-order valence-electron chi connectivity index (χ0n) is 10.7. The molecule has 0 bridgehead atoms. The summed E-state index contributed by atoms with van der Waals surface area (Å²) in [4.78, 5) is 15.1. The number of aromatic nitrogens is 1. The van der Waals surface area contributed by atoms with Crippen molar-refractivity contribution in [1.82, 2.24) is 10.3 Å². The van der Waals surface area contributed by atoms with Gasteiger partial charge in [0.15, 0.2) is 0 Å². The molecule has 3 N–H and O–H groups in total. The number of benzene rings is 1. The average Bonchev–Trinajstić information content (AvgIpc) is 2.86. The summed E-state index contributed by atoms with van der Waals surface area (Å²) in [5.74, 6) is 1.76. The molecule has 2 rings (SSSR count). The lowest BCUT2D eigenvalue weighted by molar-refractivity contribution is 0.0958. The van der Waals surface area contributed by atoms with Gasteiger partial charge in [-0.05, 0) is 18.2 Å². The third-order valence-corrected chi connectivity index (χ3v) is 3.88. The van der Waals surface area contributed by atoms with E-state index in [9.17, 15) is 4.79 Å². The van der Waals surface area contributed by atoms with Gasteiger partial charge in [-0.25, -0.2) is 0 Å². The molecule has 1 heterocycles. The van der Waals surface area contributed by atoms with Gasteiger partial charge in [-0.15, -0.1) is 0 Å². The number of amides is 1. The van der Waals surface area contributed by atoms with Gasteiger partial charge < -0.3 is 15.4 Å². The maximum atomic E-state index is 12.0. The zero-order chi connectivity index (χ0) is 13.5. The van der Waals surface area contributed by atoms with Crippen molar-refractivity contribution in [2.24, 2.45) is 0 Å². The number of hydrogen-bond donors (Lipinski definition) is 3. The van der Waals surface area contributed by atoms with Gasteiger partial charge in [-0.3, -0.25) is 4.79 Å². The molecule has 0 spiro atoms. The predicted octanol–water partition coefficient (Wildman–Crippen LogP) is 2.01. The first-order valence-electron chi connectivity index (χ1n) is 6.36. The number of carbonyl (C=O) groups is 1. The van der Waals surface area contributed by atoms with E-state index in [1.54, 1.807) is 18.0 Å². The minimum absolute atomic E-state index is 0.0415. The van der Waals surface area contributed by atoms with Gasteiger partial charge in [0, 0.05) is 36.0 Å². The van der Waals surface area contributed by atoms with Crippen molar-refractivity contribution in [1.29, 1.82) is 0 Å². The Labute approximate surface area is 116 Å². The molecule has 0 saturated heterocycles. The third kappa shape index (κ3) is 3.75. The minimum atomic E-state index is -0.0415. The van der Waals surface area contributed by atoms with Crippen LogP contribution in [0.25, 0.3) is 10.9 Å². The molecule has 102 valence electrons. The lowest BCUT2D eigenvalue weighted by Crippen LogP contribution is -2.25. The van der Waals surface area contributed by atoms with Crippen LogP contribution in [0.3, 0.4) is 0 Å². The van der Waals surface area contributed by atoms with Gasteiger partial charge in [0.05, 0.1) is 5.56 Å². The van der Waals surface area contributed by atoms with Crippen LogP contribution in [0.2, 0.25) is 0 Å². The largest absolute Gasteiger partial charge is 0.396 e. The second-order valence-corrected chi connectivity index (χ2v) is 5.42. The van der Waals surface area contributed by atoms with Crippen molar-refractivity contribution in [2.75, 3.05) is 24.7 Å². The van der Waals surface area contributed by atoms with E-state index in [1.165, 1.54) is 0 Å². The number of aliphatic hydroxyl groups excluding tert-OH is 1. The number of thioether (sulfide) groups is 1. The summed E-state index contributed by atoms with van der Waals surface area (Å²) in [5, 5.41) is 12.5. The first-order chi connectivity index (χ1) is 9.33. The van der Waals surface area contributed by atoms with E-state index in [4.69, 9.17) is 5.11 Å². The van der Waals surface area contributed by atoms with Crippen LogP contribution < -0.4 is 5.32 Å². The van der Waals surface area contributed by atoms with E-state index < -0.39 is 0 Å². The van der Waals surface area contributed by atoms with Crippen LogP contribution in [0.1, 0.15) is 16.8 Å². The Bertz CT molecular complexity index is 539. The molecule has 0 saturated carbocycles. The van der Waals surface area contributed by atoms with Gasteiger partial charge >= 0.3 is 0 Å². The Morgan fingerprint density at radius 1 is 1.32 bits per heavy atom. The van der Waals surface area contributed by atoms with E-state index in [1.807, 2.05) is 24.3 Å². The molecule has 4 nitrogen and oxygen atoms in total. The predicted molar refractivity (Wildman–Crippen MR) is 79.7 cm³/mol. The summed E-state index contributed by atoms with van der Waals surface area (Å²) >= 11 is 1.74. The number of H-pyrrole nitrogens is 1. The highest BCUT2D eigenvalue weighted by Crippen LogP contribution is 2.17. The van der Waals surface area contributed by atoms with Crippen molar-refractivity contribution in [3.63, 3.8) is 0 Å². The fourth-order valence-corrected chi connectivity index (χ4v) is 2.64. The molecule has 1 aromatic carbocycles. The Morgan fingerprint density at radius 3 is 3.00 bits per heavy atom. The normalized spacial score (nSPS) is 10.8. The molecule has 0 unspecified atom stereocenters. The SMILES string of the molecule is O=C(NCCSCCCO)c1c[nH]c2ccccc12. The smallest absolute Gasteiger partial charge is 0.253 e. The molecule has 0 aliphatic rings.